The summed E-state index contributed by atoms with van der Waals surface area (Å²) < 4.78 is 46.5. The van der Waals surface area contributed by atoms with Crippen molar-refractivity contribution in [3.63, 3.8) is 0 Å². The van der Waals surface area contributed by atoms with E-state index in [2.05, 4.69) is 0 Å². The van der Waals surface area contributed by atoms with Crippen LogP contribution in [0.5, 0.6) is 23.0 Å². The van der Waals surface area contributed by atoms with Gasteiger partial charge in [0.1, 0.15) is 89.3 Å². The van der Waals surface area contributed by atoms with Crippen LogP contribution in [0.3, 0.4) is 0 Å². The molecule has 0 aliphatic carbocycles. The van der Waals surface area contributed by atoms with E-state index in [1.165, 1.54) is 21.0 Å². The van der Waals surface area contributed by atoms with Crippen molar-refractivity contribution < 1.29 is 88.6 Å². The fourth-order valence-corrected chi connectivity index (χ4v) is 6.95. The second-order valence-corrected chi connectivity index (χ2v) is 14.8. The first-order chi connectivity index (χ1) is 27.5. The van der Waals surface area contributed by atoms with E-state index in [9.17, 15) is 55.9 Å². The summed E-state index contributed by atoms with van der Waals surface area (Å²) in [5.74, 6) is -1.19. The van der Waals surface area contributed by atoms with E-state index in [-0.39, 0.29) is 34.6 Å². The molecule has 19 nitrogen and oxygen atoms in total. The minimum absolute atomic E-state index is 0.0232. The molecule has 10 N–H and O–H groups in total. The summed E-state index contributed by atoms with van der Waals surface area (Å²) in [6, 6.07) is 7.28. The van der Waals surface area contributed by atoms with Crippen LogP contribution >= 0.6 is 0 Å². The van der Waals surface area contributed by atoms with Crippen LogP contribution in [-0.2, 0) is 25.4 Å². The molecule has 320 valence electrons. The molecule has 0 unspecified atom stereocenters. The van der Waals surface area contributed by atoms with Crippen molar-refractivity contribution in [2.24, 2.45) is 0 Å². The Morgan fingerprint density at radius 1 is 0.759 bits per heavy atom. The summed E-state index contributed by atoms with van der Waals surface area (Å²) in [5.41, 5.74) is 0.0887. The van der Waals surface area contributed by atoms with Crippen molar-refractivity contribution in [2.75, 3.05) is 13.7 Å². The van der Waals surface area contributed by atoms with Crippen LogP contribution in [0.1, 0.15) is 33.3 Å². The van der Waals surface area contributed by atoms with Gasteiger partial charge in [-0.3, -0.25) is 4.79 Å². The zero-order chi connectivity index (χ0) is 42.3. The minimum atomic E-state index is -1.89. The van der Waals surface area contributed by atoms with Gasteiger partial charge in [-0.1, -0.05) is 11.6 Å². The van der Waals surface area contributed by atoms with Crippen molar-refractivity contribution in [3.8, 4) is 34.3 Å². The predicted octanol–water partition coefficient (Wildman–Crippen LogP) is -1.08. The molecule has 3 aromatic rings. The molecule has 0 bridgehead atoms. The average Bonchev–Trinajstić information content (AvgIpc) is 3.20. The number of aliphatic hydroxyl groups excluding tert-OH is 9. The number of hydrogen-bond donors (Lipinski definition) is 10. The topological polar surface area (TPSA) is 297 Å². The number of hydrogen-bond acceptors (Lipinski definition) is 19. The van der Waals surface area contributed by atoms with Gasteiger partial charge in [0.05, 0.1) is 25.9 Å². The fraction of sp³-hybridized carbons (Fsp3) is 0.564. The van der Waals surface area contributed by atoms with E-state index >= 15 is 0 Å². The lowest BCUT2D eigenvalue weighted by atomic mass is 9.97. The number of phenolic OH excluding ortho intramolecular Hbond substituents is 1. The van der Waals surface area contributed by atoms with E-state index in [0.29, 0.717) is 5.75 Å². The third-order valence-corrected chi connectivity index (χ3v) is 10.4. The van der Waals surface area contributed by atoms with Gasteiger partial charge in [0.25, 0.3) is 0 Å². The number of benzene rings is 2. The molecule has 1 aromatic heterocycles. The van der Waals surface area contributed by atoms with Crippen molar-refractivity contribution in [1.82, 2.24) is 0 Å². The van der Waals surface area contributed by atoms with Crippen LogP contribution in [0.2, 0.25) is 0 Å². The molecule has 58 heavy (non-hydrogen) atoms. The quantitative estimate of drug-likeness (QED) is 0.103. The standard InChI is InChI=1S/C39H50O19/c1-14(2)6-11-19-21(54-38-31(49)29(47)26(44)22(13-40)55-38)12-20(41)23-27(45)36(33(56-34(19)23)17-7-9-18(51-5)10-8-17)58-39-32(50)35(25(43)16(4)53-39)57-37-30(48)28(46)24(42)15(3)52-37/h6-10,12,15-16,22,24-26,28-32,35,37-44,46-50H,11,13H2,1-5H3/t15-,16-,22+,24-,25-,26+,28+,29-,30+,31+,32+,35+,37-,38+,39-/m0/s1. The molecule has 0 amide bonds. The molecule has 6 rings (SSSR count). The van der Waals surface area contributed by atoms with E-state index in [1.807, 2.05) is 13.8 Å². The van der Waals surface area contributed by atoms with Crippen LogP contribution < -0.4 is 19.6 Å². The van der Waals surface area contributed by atoms with Crippen LogP contribution in [0.25, 0.3) is 22.3 Å². The Labute approximate surface area is 331 Å². The number of aromatic hydroxyl groups is 1. The fourth-order valence-electron chi connectivity index (χ4n) is 6.95. The van der Waals surface area contributed by atoms with Crippen LogP contribution in [0.15, 0.2) is 51.2 Å². The maximum Gasteiger partial charge on any atom is 0.239 e. The van der Waals surface area contributed by atoms with Crippen molar-refractivity contribution >= 4 is 11.0 Å². The number of phenols is 1. The molecule has 4 heterocycles. The second kappa shape index (κ2) is 17.7. The molecule has 19 heteroatoms. The highest BCUT2D eigenvalue weighted by atomic mass is 16.7. The summed E-state index contributed by atoms with van der Waals surface area (Å²) in [7, 11) is 1.45. The van der Waals surface area contributed by atoms with Gasteiger partial charge in [0.15, 0.2) is 12.1 Å². The molecule has 15 atom stereocenters. The summed E-state index contributed by atoms with van der Waals surface area (Å²) in [5, 5.41) is 106. The van der Waals surface area contributed by atoms with Crippen LogP contribution in [0.4, 0.5) is 0 Å². The Bertz CT molecular complexity index is 1980. The maximum atomic E-state index is 14.6. The average molecular weight is 823 g/mol. The third kappa shape index (κ3) is 8.41. The van der Waals surface area contributed by atoms with E-state index in [4.69, 9.17) is 37.6 Å². The molecular formula is C39H50O19. The Kier molecular flexibility index (Phi) is 13.3. The van der Waals surface area contributed by atoms with Crippen molar-refractivity contribution in [3.05, 3.63) is 57.8 Å². The maximum absolute atomic E-state index is 14.6. The van der Waals surface area contributed by atoms with Gasteiger partial charge in [-0.25, -0.2) is 0 Å². The Morgan fingerprint density at radius 3 is 2.00 bits per heavy atom. The summed E-state index contributed by atoms with van der Waals surface area (Å²) in [6.07, 6.45) is -21.9. The molecule has 3 saturated heterocycles. The van der Waals surface area contributed by atoms with Gasteiger partial charge in [-0.2, -0.15) is 0 Å². The van der Waals surface area contributed by atoms with Gasteiger partial charge in [0, 0.05) is 17.2 Å². The lowest BCUT2D eigenvalue weighted by Gasteiger charge is -2.45. The number of rotatable bonds is 11. The number of ether oxygens (including phenoxy) is 7. The number of aliphatic hydroxyl groups is 9. The highest BCUT2D eigenvalue weighted by Gasteiger charge is 2.50. The highest BCUT2D eigenvalue weighted by Crippen LogP contribution is 2.42. The molecule has 0 spiro atoms. The summed E-state index contributed by atoms with van der Waals surface area (Å²) >= 11 is 0. The van der Waals surface area contributed by atoms with Crippen molar-refractivity contribution in [2.45, 2.75) is 126 Å². The minimum Gasteiger partial charge on any atom is -0.507 e. The number of fused-ring (bicyclic) bond motifs is 1. The summed E-state index contributed by atoms with van der Waals surface area (Å²) in [4.78, 5) is 14.6. The van der Waals surface area contributed by atoms with Gasteiger partial charge >= 0.3 is 0 Å². The molecule has 3 fully saturated rings. The number of allylic oxidation sites excluding steroid dienone is 2. The highest BCUT2D eigenvalue weighted by molar-refractivity contribution is 5.91. The monoisotopic (exact) mass is 822 g/mol. The molecule has 0 saturated carbocycles. The Hall–Kier alpha value is -3.93. The lowest BCUT2D eigenvalue weighted by Crippen LogP contribution is -2.63. The van der Waals surface area contributed by atoms with Crippen LogP contribution in [-0.4, -0.2) is 157 Å². The molecule has 0 radical (unpaired) electrons. The predicted molar refractivity (Wildman–Crippen MR) is 198 cm³/mol. The van der Waals surface area contributed by atoms with Gasteiger partial charge in [-0.15, -0.1) is 0 Å². The molecular weight excluding hydrogens is 772 g/mol. The smallest absolute Gasteiger partial charge is 0.239 e. The van der Waals surface area contributed by atoms with E-state index in [0.717, 1.165) is 11.6 Å². The first-order valence-electron chi connectivity index (χ1n) is 18.6. The lowest BCUT2D eigenvalue weighted by molar-refractivity contribution is -0.346. The second-order valence-electron chi connectivity index (χ2n) is 14.8. The molecule has 3 aliphatic heterocycles. The van der Waals surface area contributed by atoms with E-state index < -0.39 is 121 Å². The molecule has 3 aliphatic rings. The third-order valence-electron chi connectivity index (χ3n) is 10.4. The molecule has 2 aromatic carbocycles. The summed E-state index contributed by atoms with van der Waals surface area (Å²) in [6.45, 7) is 5.74. The van der Waals surface area contributed by atoms with Gasteiger partial charge in [0.2, 0.25) is 23.8 Å². The van der Waals surface area contributed by atoms with E-state index in [1.54, 1.807) is 30.3 Å². The zero-order valence-corrected chi connectivity index (χ0v) is 32.2. The zero-order valence-electron chi connectivity index (χ0n) is 32.2. The first kappa shape index (κ1) is 43.6. The van der Waals surface area contributed by atoms with Gasteiger partial charge < -0.3 is 88.6 Å². The number of methoxy groups -OCH3 is 1. The Balaban J connectivity index is 1.46. The van der Waals surface area contributed by atoms with Crippen molar-refractivity contribution in [1.29, 1.82) is 0 Å². The SMILES string of the molecule is COc1ccc(-c2oc3c(CC=C(C)C)c(O[C@@H]4O[C@H](CO)[C@@H](O)[C@H](O)[C@H]4O)cc(O)c3c(=O)c2O[C@@H]2O[C@@H](C)[C@H](O)[C@@H](O[C@@H]3O[C@@H](C)[C@H](O)[C@@H](O)[C@H]3O)[C@H]2O)cc1. The normalized spacial score (nSPS) is 35.4. The van der Waals surface area contributed by atoms with Gasteiger partial charge in [-0.05, 0) is 58.4 Å². The Morgan fingerprint density at radius 2 is 1.36 bits per heavy atom. The first-order valence-corrected chi connectivity index (χ1v) is 18.6. The van der Waals surface area contributed by atoms with Crippen LogP contribution in [0, 0.1) is 0 Å². The largest absolute Gasteiger partial charge is 0.507 e.